The van der Waals surface area contributed by atoms with Gasteiger partial charge in [0.15, 0.2) is 0 Å². The summed E-state index contributed by atoms with van der Waals surface area (Å²) in [7, 11) is 0. The van der Waals surface area contributed by atoms with E-state index in [4.69, 9.17) is 9.47 Å². The van der Waals surface area contributed by atoms with Crippen molar-refractivity contribution < 1.29 is 27.8 Å². The van der Waals surface area contributed by atoms with Gasteiger partial charge in [0.25, 0.3) is 0 Å². The van der Waals surface area contributed by atoms with Gasteiger partial charge in [-0.15, -0.1) is 0 Å². The zero-order chi connectivity index (χ0) is 24.8. The summed E-state index contributed by atoms with van der Waals surface area (Å²) in [6.45, 7) is 1.24. The van der Waals surface area contributed by atoms with E-state index in [-0.39, 0.29) is 48.9 Å². The average molecular weight is 484 g/mol. The second-order valence-electron chi connectivity index (χ2n) is 7.77. The van der Waals surface area contributed by atoms with E-state index in [0.717, 1.165) is 18.2 Å². The lowest BCUT2D eigenvalue weighted by molar-refractivity contribution is -0.143. The van der Waals surface area contributed by atoms with E-state index < -0.39 is 17.7 Å². The molecule has 1 fully saturated rings. The van der Waals surface area contributed by atoms with Crippen LogP contribution in [0.1, 0.15) is 11.3 Å². The van der Waals surface area contributed by atoms with Crippen LogP contribution in [0.3, 0.4) is 0 Å². The topological polar surface area (TPSA) is 103 Å². The zero-order valence-corrected chi connectivity index (χ0v) is 18.6. The van der Waals surface area contributed by atoms with Gasteiger partial charge in [0, 0.05) is 37.0 Å². The third-order valence-electron chi connectivity index (χ3n) is 5.21. The molecule has 35 heavy (non-hydrogen) atoms. The Labute approximate surface area is 198 Å². The number of amides is 2. The third kappa shape index (κ3) is 6.48. The minimum absolute atomic E-state index is 0.0272. The number of hydrogen-bond donors (Lipinski definition) is 1. The predicted octanol–water partition coefficient (Wildman–Crippen LogP) is 2.51. The molecule has 2 amide bonds. The Bertz CT molecular complexity index is 1280. The molecular formula is C24H22F2N4O5. The van der Waals surface area contributed by atoms with Gasteiger partial charge in [0.1, 0.15) is 30.5 Å². The predicted molar refractivity (Wildman–Crippen MR) is 121 cm³/mol. The van der Waals surface area contributed by atoms with Crippen molar-refractivity contribution in [2.24, 2.45) is 0 Å². The van der Waals surface area contributed by atoms with E-state index in [2.05, 4.69) is 10.4 Å². The SMILES string of the molecule is O=C(Nc1cccc(Cc2nn(-c3cc(F)cc(F)c3)ccc2=O)c1)OCCN1CCOCC1=O. The number of carbonyl (C=O) groups is 2. The van der Waals surface area contributed by atoms with Gasteiger partial charge >= 0.3 is 6.09 Å². The van der Waals surface area contributed by atoms with Crippen molar-refractivity contribution in [1.29, 1.82) is 0 Å². The first kappa shape index (κ1) is 24.0. The van der Waals surface area contributed by atoms with Crippen LogP contribution in [0.5, 0.6) is 0 Å². The Kier molecular flexibility index (Phi) is 7.46. The Morgan fingerprint density at radius 1 is 1.11 bits per heavy atom. The summed E-state index contributed by atoms with van der Waals surface area (Å²) in [5, 5.41) is 6.82. The van der Waals surface area contributed by atoms with Crippen molar-refractivity contribution >= 4 is 17.7 Å². The number of aromatic nitrogens is 2. The van der Waals surface area contributed by atoms with Crippen molar-refractivity contribution in [3.63, 3.8) is 0 Å². The molecule has 3 aromatic rings. The molecule has 4 rings (SSSR count). The number of nitrogens with one attached hydrogen (secondary N) is 1. The number of anilines is 1. The maximum Gasteiger partial charge on any atom is 0.411 e. The number of nitrogens with zero attached hydrogens (tertiary/aromatic N) is 3. The summed E-state index contributed by atoms with van der Waals surface area (Å²) in [4.78, 5) is 37.7. The molecule has 0 radical (unpaired) electrons. The van der Waals surface area contributed by atoms with Crippen LogP contribution in [0.25, 0.3) is 5.69 Å². The van der Waals surface area contributed by atoms with Gasteiger partial charge in [-0.3, -0.25) is 14.9 Å². The summed E-state index contributed by atoms with van der Waals surface area (Å²) >= 11 is 0. The maximum absolute atomic E-state index is 13.6. The molecule has 1 aliphatic heterocycles. The summed E-state index contributed by atoms with van der Waals surface area (Å²) in [6, 6.07) is 11.0. The molecule has 2 heterocycles. The number of halogens is 2. The smallest absolute Gasteiger partial charge is 0.411 e. The second-order valence-corrected chi connectivity index (χ2v) is 7.77. The molecule has 0 saturated carbocycles. The van der Waals surface area contributed by atoms with Gasteiger partial charge in [-0.25, -0.2) is 18.3 Å². The van der Waals surface area contributed by atoms with Gasteiger partial charge in [0.2, 0.25) is 11.3 Å². The highest BCUT2D eigenvalue weighted by atomic mass is 19.1. The lowest BCUT2D eigenvalue weighted by Crippen LogP contribution is -2.43. The number of morpholine rings is 1. The van der Waals surface area contributed by atoms with Crippen LogP contribution in [0, 0.1) is 11.6 Å². The van der Waals surface area contributed by atoms with E-state index in [9.17, 15) is 23.2 Å². The molecule has 0 unspecified atom stereocenters. The van der Waals surface area contributed by atoms with Crippen molar-refractivity contribution in [2.75, 3.05) is 38.2 Å². The van der Waals surface area contributed by atoms with Crippen LogP contribution in [0.15, 0.2) is 59.5 Å². The minimum Gasteiger partial charge on any atom is -0.447 e. The highest BCUT2D eigenvalue weighted by Gasteiger charge is 2.18. The Balaban J connectivity index is 1.38. The number of carbonyl (C=O) groups excluding carboxylic acids is 2. The first-order chi connectivity index (χ1) is 16.9. The van der Waals surface area contributed by atoms with Crippen molar-refractivity contribution in [1.82, 2.24) is 14.7 Å². The molecule has 0 atom stereocenters. The number of hydrogen-bond acceptors (Lipinski definition) is 6. The molecule has 0 aliphatic carbocycles. The molecule has 1 N–H and O–H groups in total. The normalized spacial score (nSPS) is 13.5. The van der Waals surface area contributed by atoms with Gasteiger partial charge < -0.3 is 14.4 Å². The average Bonchev–Trinajstić information content (AvgIpc) is 2.81. The lowest BCUT2D eigenvalue weighted by atomic mass is 10.1. The Morgan fingerprint density at radius 3 is 2.69 bits per heavy atom. The second kappa shape index (κ2) is 10.9. The van der Waals surface area contributed by atoms with Crippen LogP contribution < -0.4 is 10.7 Å². The fourth-order valence-corrected chi connectivity index (χ4v) is 3.53. The molecule has 2 aromatic carbocycles. The molecule has 11 heteroatoms. The van der Waals surface area contributed by atoms with Crippen LogP contribution >= 0.6 is 0 Å². The van der Waals surface area contributed by atoms with E-state index in [1.54, 1.807) is 29.2 Å². The molecular weight excluding hydrogens is 462 g/mol. The van der Waals surface area contributed by atoms with Crippen molar-refractivity contribution in [3.8, 4) is 5.69 Å². The maximum atomic E-state index is 13.6. The third-order valence-corrected chi connectivity index (χ3v) is 5.21. The van der Waals surface area contributed by atoms with Crippen LogP contribution in [-0.4, -0.2) is 59.6 Å². The first-order valence-electron chi connectivity index (χ1n) is 10.8. The standard InChI is InChI=1S/C24H22F2N4O5/c25-17-12-18(26)14-20(13-17)30-5-4-22(31)21(28-30)11-16-2-1-3-19(10-16)27-24(33)35-9-7-29-6-8-34-15-23(29)32/h1-5,10,12-14H,6-9,11,15H2,(H,27,33). The molecule has 1 aliphatic rings. The minimum atomic E-state index is -0.760. The quantitative estimate of drug-likeness (QED) is 0.553. The van der Waals surface area contributed by atoms with Crippen LogP contribution in [0.4, 0.5) is 19.3 Å². The molecule has 1 saturated heterocycles. The summed E-state index contributed by atoms with van der Waals surface area (Å²) in [5.74, 6) is -1.67. The highest BCUT2D eigenvalue weighted by Crippen LogP contribution is 2.15. The highest BCUT2D eigenvalue weighted by molar-refractivity contribution is 5.84. The summed E-state index contributed by atoms with van der Waals surface area (Å²) < 4.78 is 38.6. The molecule has 182 valence electrons. The molecule has 0 spiro atoms. The van der Waals surface area contributed by atoms with Crippen molar-refractivity contribution in [2.45, 2.75) is 6.42 Å². The first-order valence-corrected chi connectivity index (χ1v) is 10.8. The molecule has 1 aromatic heterocycles. The van der Waals surface area contributed by atoms with E-state index in [1.807, 2.05) is 0 Å². The molecule has 0 bridgehead atoms. The monoisotopic (exact) mass is 484 g/mol. The van der Waals surface area contributed by atoms with E-state index >= 15 is 0 Å². The zero-order valence-electron chi connectivity index (χ0n) is 18.6. The van der Waals surface area contributed by atoms with Crippen molar-refractivity contribution in [3.05, 3.63) is 87.8 Å². The number of ether oxygens (including phenoxy) is 2. The Morgan fingerprint density at radius 2 is 1.91 bits per heavy atom. The fourth-order valence-electron chi connectivity index (χ4n) is 3.53. The number of benzene rings is 2. The van der Waals surface area contributed by atoms with E-state index in [1.165, 1.54) is 16.9 Å². The lowest BCUT2D eigenvalue weighted by Gasteiger charge is -2.26. The Hall–Kier alpha value is -4.12. The largest absolute Gasteiger partial charge is 0.447 e. The van der Waals surface area contributed by atoms with Gasteiger partial charge in [-0.05, 0) is 29.8 Å². The van der Waals surface area contributed by atoms with E-state index in [0.29, 0.717) is 24.4 Å². The summed E-state index contributed by atoms with van der Waals surface area (Å²) in [6.07, 6.45) is 0.774. The van der Waals surface area contributed by atoms with Gasteiger partial charge in [-0.2, -0.15) is 5.10 Å². The van der Waals surface area contributed by atoms with Gasteiger partial charge in [0.05, 0.1) is 18.8 Å². The fraction of sp³-hybridized carbons (Fsp3) is 0.250. The summed E-state index contributed by atoms with van der Waals surface area (Å²) in [5.41, 5.74) is 1.08. The molecule has 9 nitrogen and oxygen atoms in total. The van der Waals surface area contributed by atoms with Crippen LogP contribution in [0.2, 0.25) is 0 Å². The number of rotatable bonds is 7. The van der Waals surface area contributed by atoms with Gasteiger partial charge in [-0.1, -0.05) is 12.1 Å². The van der Waals surface area contributed by atoms with Crippen LogP contribution in [-0.2, 0) is 20.7 Å².